The monoisotopic (exact) mass is 288 g/mol. The van der Waals surface area contributed by atoms with Crippen LogP contribution in [0.25, 0.3) is 43.5 Å². The van der Waals surface area contributed by atoms with Gasteiger partial charge in [0.1, 0.15) is 5.52 Å². The van der Waals surface area contributed by atoms with E-state index in [1.165, 1.54) is 0 Å². The van der Waals surface area contributed by atoms with Crippen molar-refractivity contribution in [3.63, 3.8) is 0 Å². The fraction of sp³-hybridized carbons (Fsp3) is 0. The Kier molecular flexibility index (Phi) is 1.90. The molecular formula is C16H8N4O2. The molecule has 6 nitrogen and oxygen atoms in total. The number of aromatic amines is 2. The minimum atomic E-state index is -0.677. The zero-order valence-electron chi connectivity index (χ0n) is 11.2. The van der Waals surface area contributed by atoms with Crippen molar-refractivity contribution in [3.05, 3.63) is 57.2 Å². The molecule has 0 fully saturated rings. The number of nitrogens with one attached hydrogen (secondary N) is 2. The fourth-order valence-electron chi connectivity index (χ4n) is 3.25. The van der Waals surface area contributed by atoms with Gasteiger partial charge in [0.05, 0.1) is 5.39 Å². The highest BCUT2D eigenvalue weighted by Gasteiger charge is 2.17. The summed E-state index contributed by atoms with van der Waals surface area (Å²) >= 11 is 0. The van der Waals surface area contributed by atoms with Crippen LogP contribution < -0.4 is 11.2 Å². The van der Waals surface area contributed by atoms with Crippen molar-refractivity contribution in [3.8, 4) is 0 Å². The second-order valence-electron chi connectivity index (χ2n) is 5.25. The molecule has 2 N–H and O–H groups in total. The van der Waals surface area contributed by atoms with Crippen molar-refractivity contribution in [2.75, 3.05) is 0 Å². The quantitative estimate of drug-likeness (QED) is 0.455. The van der Waals surface area contributed by atoms with Crippen molar-refractivity contribution >= 4 is 43.5 Å². The average molecular weight is 288 g/mol. The number of benzene rings is 2. The van der Waals surface area contributed by atoms with Gasteiger partial charge in [0.2, 0.25) is 0 Å². The SMILES string of the molecule is O=c1nc2[nH]nc3c4cccc5cccc(c54)c3c2c(=O)[nH]1. The van der Waals surface area contributed by atoms with E-state index in [4.69, 9.17) is 0 Å². The summed E-state index contributed by atoms with van der Waals surface area (Å²) in [6, 6.07) is 11.9. The molecule has 0 bridgehead atoms. The minimum Gasteiger partial charge on any atom is -0.272 e. The Balaban J connectivity index is 2.26. The van der Waals surface area contributed by atoms with Crippen LogP contribution in [0, 0.1) is 0 Å². The van der Waals surface area contributed by atoms with Crippen LogP contribution in [0.2, 0.25) is 0 Å². The van der Waals surface area contributed by atoms with E-state index in [1.807, 2.05) is 36.4 Å². The second-order valence-corrected chi connectivity index (χ2v) is 5.25. The first-order chi connectivity index (χ1) is 10.7. The summed E-state index contributed by atoms with van der Waals surface area (Å²) in [6.45, 7) is 0. The van der Waals surface area contributed by atoms with E-state index in [9.17, 15) is 9.59 Å². The summed E-state index contributed by atoms with van der Waals surface area (Å²) in [4.78, 5) is 29.7. The van der Waals surface area contributed by atoms with Crippen molar-refractivity contribution in [2.24, 2.45) is 0 Å². The molecule has 22 heavy (non-hydrogen) atoms. The average Bonchev–Trinajstić information content (AvgIpc) is 2.84. The molecule has 0 radical (unpaired) electrons. The minimum absolute atomic E-state index is 0.206. The third-order valence-electron chi connectivity index (χ3n) is 4.09. The first kappa shape index (κ1) is 11.4. The Morgan fingerprint density at radius 3 is 2.45 bits per heavy atom. The summed E-state index contributed by atoms with van der Waals surface area (Å²) < 4.78 is 0. The van der Waals surface area contributed by atoms with Crippen molar-refractivity contribution in [2.45, 2.75) is 0 Å². The van der Waals surface area contributed by atoms with Crippen LogP contribution >= 0.6 is 0 Å². The lowest BCUT2D eigenvalue weighted by Gasteiger charge is -1.98. The van der Waals surface area contributed by atoms with E-state index in [0.717, 1.165) is 26.9 Å². The largest absolute Gasteiger partial charge is 0.349 e. The third kappa shape index (κ3) is 1.24. The van der Waals surface area contributed by atoms with E-state index >= 15 is 0 Å². The molecule has 6 heteroatoms. The topological polar surface area (TPSA) is 91.5 Å². The molecule has 0 spiro atoms. The molecule has 2 heterocycles. The molecule has 3 aromatic carbocycles. The Hall–Kier alpha value is -3.28. The van der Waals surface area contributed by atoms with Crippen molar-refractivity contribution in [1.29, 1.82) is 0 Å². The van der Waals surface area contributed by atoms with Gasteiger partial charge in [-0.05, 0) is 16.2 Å². The van der Waals surface area contributed by atoms with Gasteiger partial charge in [-0.1, -0.05) is 36.4 Å². The number of hydrogen-bond acceptors (Lipinski definition) is 4. The molecule has 0 unspecified atom stereocenters. The maximum absolute atomic E-state index is 12.3. The molecule has 0 saturated heterocycles. The molecule has 5 rings (SSSR count). The molecule has 104 valence electrons. The maximum atomic E-state index is 12.3. The van der Waals surface area contributed by atoms with E-state index in [-0.39, 0.29) is 5.65 Å². The Bertz CT molecular complexity index is 1310. The summed E-state index contributed by atoms with van der Waals surface area (Å²) in [6.07, 6.45) is 0. The highest BCUT2D eigenvalue weighted by molar-refractivity contribution is 6.33. The van der Waals surface area contributed by atoms with Crippen LogP contribution in [0.4, 0.5) is 0 Å². The zero-order valence-corrected chi connectivity index (χ0v) is 11.2. The van der Waals surface area contributed by atoms with Gasteiger partial charge in [-0.15, -0.1) is 0 Å². The normalized spacial score (nSPS) is 12.0. The number of fused-ring (bicyclic) bond motifs is 5. The Morgan fingerprint density at radius 2 is 1.64 bits per heavy atom. The summed E-state index contributed by atoms with van der Waals surface area (Å²) in [7, 11) is 0. The van der Waals surface area contributed by atoms with Crippen LogP contribution in [0.15, 0.2) is 46.0 Å². The molecular weight excluding hydrogens is 280 g/mol. The van der Waals surface area contributed by atoms with Crippen LogP contribution in [-0.4, -0.2) is 20.2 Å². The van der Waals surface area contributed by atoms with Gasteiger partial charge >= 0.3 is 5.69 Å². The lowest BCUT2D eigenvalue weighted by Crippen LogP contribution is -2.22. The van der Waals surface area contributed by atoms with E-state index in [2.05, 4.69) is 20.2 Å². The van der Waals surface area contributed by atoms with Gasteiger partial charge in [-0.3, -0.25) is 14.9 Å². The van der Waals surface area contributed by atoms with Gasteiger partial charge in [0.15, 0.2) is 5.65 Å². The standard InChI is InChI=1S/C16H8N4O2/c21-15-12-11-8-5-1-3-7-4-2-6-9(10(7)8)13(11)19-20-14(12)17-16(22)18-15/h1-6H,(H2,17,18,20,21,22). The summed E-state index contributed by atoms with van der Waals surface area (Å²) in [5.41, 5.74) is -0.207. The predicted molar refractivity (Wildman–Crippen MR) is 84.5 cm³/mol. The van der Waals surface area contributed by atoms with Crippen LogP contribution in [0.1, 0.15) is 0 Å². The number of hydrogen-bond donors (Lipinski definition) is 2. The molecule has 2 aromatic heterocycles. The first-order valence-electron chi connectivity index (χ1n) is 6.79. The van der Waals surface area contributed by atoms with Gasteiger partial charge in [0, 0.05) is 10.8 Å². The molecule has 0 aliphatic carbocycles. The molecule has 0 amide bonds. The second kappa shape index (κ2) is 3.67. The predicted octanol–water partition coefficient (Wildman–Crippen LogP) is 1.90. The van der Waals surface area contributed by atoms with E-state index in [0.29, 0.717) is 10.9 Å². The van der Waals surface area contributed by atoms with Crippen LogP contribution in [-0.2, 0) is 0 Å². The van der Waals surface area contributed by atoms with Crippen molar-refractivity contribution < 1.29 is 0 Å². The smallest absolute Gasteiger partial charge is 0.272 e. The van der Waals surface area contributed by atoms with Gasteiger partial charge < -0.3 is 0 Å². The molecule has 0 saturated carbocycles. The number of nitrogens with zero attached hydrogens (tertiary/aromatic N) is 2. The zero-order chi connectivity index (χ0) is 14.8. The highest BCUT2D eigenvalue weighted by Crippen LogP contribution is 2.38. The molecule has 0 atom stereocenters. The number of rotatable bonds is 0. The molecule has 5 aromatic rings. The lowest BCUT2D eigenvalue weighted by atomic mass is 10.1. The number of aromatic nitrogens is 4. The van der Waals surface area contributed by atoms with Crippen LogP contribution in [0.3, 0.4) is 0 Å². The van der Waals surface area contributed by atoms with Gasteiger partial charge in [-0.2, -0.15) is 10.1 Å². The lowest BCUT2D eigenvalue weighted by molar-refractivity contribution is 1.02. The summed E-state index contributed by atoms with van der Waals surface area (Å²) in [5, 5.41) is 12.2. The Labute approximate surface area is 121 Å². The van der Waals surface area contributed by atoms with Gasteiger partial charge in [0.25, 0.3) is 5.56 Å². The maximum Gasteiger partial charge on any atom is 0.349 e. The van der Waals surface area contributed by atoms with E-state index in [1.54, 1.807) is 0 Å². The van der Waals surface area contributed by atoms with Gasteiger partial charge in [-0.25, -0.2) is 4.79 Å². The highest BCUT2D eigenvalue weighted by atomic mass is 16.2. The number of H-pyrrole nitrogens is 2. The van der Waals surface area contributed by atoms with Crippen LogP contribution in [0.5, 0.6) is 0 Å². The third-order valence-corrected chi connectivity index (χ3v) is 4.09. The fourth-order valence-corrected chi connectivity index (χ4v) is 3.25. The molecule has 0 aliphatic heterocycles. The molecule has 0 aliphatic rings. The Morgan fingerprint density at radius 1 is 0.864 bits per heavy atom. The van der Waals surface area contributed by atoms with E-state index < -0.39 is 11.2 Å². The van der Waals surface area contributed by atoms with Crippen molar-refractivity contribution in [1.82, 2.24) is 20.2 Å². The summed E-state index contributed by atoms with van der Waals surface area (Å²) in [5.74, 6) is 0. The first-order valence-corrected chi connectivity index (χ1v) is 6.79.